The Morgan fingerprint density at radius 2 is 2.23 bits per heavy atom. The van der Waals surface area contributed by atoms with Gasteiger partial charge in [-0.05, 0) is 23.7 Å². The monoisotopic (exact) mass is 228 g/mol. The van der Waals surface area contributed by atoms with E-state index in [1.54, 1.807) is 0 Å². The standard InChI is InChI=1S/C8H5ClN2S2/c9-6-3-1-2-5(4-6)7-10-8(12)13-11-7/h1-4H,(H,10,11,12). The van der Waals surface area contributed by atoms with Crippen LogP contribution >= 0.6 is 35.8 Å². The minimum atomic E-state index is 0.662. The normalized spacial score (nSPS) is 10.3. The van der Waals surface area contributed by atoms with Crippen molar-refractivity contribution in [3.05, 3.63) is 29.3 Å². The van der Waals surface area contributed by atoms with Crippen molar-refractivity contribution >= 4 is 35.8 Å². The molecule has 0 atom stereocenters. The molecule has 5 heteroatoms. The third-order valence-corrected chi connectivity index (χ3v) is 2.60. The van der Waals surface area contributed by atoms with Crippen LogP contribution in [0.3, 0.4) is 0 Å². The van der Waals surface area contributed by atoms with E-state index in [1.165, 1.54) is 11.5 Å². The first-order valence-corrected chi connectivity index (χ1v) is 5.14. The number of hydrogen-bond donors (Lipinski definition) is 1. The highest BCUT2D eigenvalue weighted by molar-refractivity contribution is 7.82. The Labute approximate surface area is 90.2 Å². The van der Waals surface area contributed by atoms with Crippen LogP contribution in [0.25, 0.3) is 11.4 Å². The highest BCUT2D eigenvalue weighted by Gasteiger charge is 2.03. The molecule has 0 saturated carbocycles. The number of rotatable bonds is 1. The Balaban J connectivity index is 2.46. The first kappa shape index (κ1) is 8.99. The van der Waals surface area contributed by atoms with Gasteiger partial charge in [0.15, 0.2) is 10.2 Å². The Morgan fingerprint density at radius 1 is 1.38 bits per heavy atom. The highest BCUT2D eigenvalue weighted by Crippen LogP contribution is 2.22. The average molecular weight is 229 g/mol. The first-order valence-electron chi connectivity index (χ1n) is 3.54. The third-order valence-electron chi connectivity index (χ3n) is 1.50. The maximum atomic E-state index is 5.83. The van der Waals surface area contributed by atoms with Gasteiger partial charge < -0.3 is 0 Å². The average Bonchev–Trinajstić information content (AvgIpc) is 2.52. The summed E-state index contributed by atoms with van der Waals surface area (Å²) in [6.45, 7) is 0. The molecule has 0 bridgehead atoms. The molecule has 2 aromatic rings. The van der Waals surface area contributed by atoms with E-state index in [2.05, 4.69) is 22.0 Å². The molecule has 0 aliphatic heterocycles. The molecule has 0 saturated heterocycles. The minimum absolute atomic E-state index is 0.662. The summed E-state index contributed by atoms with van der Waals surface area (Å²) in [5.74, 6) is 0.678. The van der Waals surface area contributed by atoms with Crippen molar-refractivity contribution in [3.8, 4) is 11.4 Å². The molecular weight excluding hydrogens is 224 g/mol. The van der Waals surface area contributed by atoms with Crippen LogP contribution in [0.4, 0.5) is 0 Å². The molecule has 0 fully saturated rings. The Bertz CT molecular complexity index is 428. The molecule has 0 radical (unpaired) electrons. The van der Waals surface area contributed by atoms with Crippen LogP contribution in [0.2, 0.25) is 5.02 Å². The zero-order chi connectivity index (χ0) is 9.26. The SMILES string of the molecule is Sc1nc(-c2cccc(Cl)c2)ns1. The number of aromatic nitrogens is 2. The van der Waals surface area contributed by atoms with Crippen LogP contribution in [-0.4, -0.2) is 9.36 Å². The van der Waals surface area contributed by atoms with Crippen LogP contribution in [0.15, 0.2) is 28.6 Å². The molecule has 2 nitrogen and oxygen atoms in total. The van der Waals surface area contributed by atoms with Gasteiger partial charge in [-0.1, -0.05) is 23.7 Å². The van der Waals surface area contributed by atoms with Crippen molar-refractivity contribution in [3.63, 3.8) is 0 Å². The molecule has 66 valence electrons. The van der Waals surface area contributed by atoms with Crippen molar-refractivity contribution in [2.24, 2.45) is 0 Å². The predicted octanol–water partition coefficient (Wildman–Crippen LogP) is 3.15. The van der Waals surface area contributed by atoms with Gasteiger partial charge in [-0.3, -0.25) is 0 Å². The quantitative estimate of drug-likeness (QED) is 0.759. The van der Waals surface area contributed by atoms with Gasteiger partial charge in [-0.25, -0.2) is 4.98 Å². The molecule has 0 unspecified atom stereocenters. The van der Waals surface area contributed by atoms with Gasteiger partial charge in [0.25, 0.3) is 0 Å². The Morgan fingerprint density at radius 3 is 2.85 bits per heavy atom. The second-order valence-electron chi connectivity index (χ2n) is 2.41. The highest BCUT2D eigenvalue weighted by atomic mass is 35.5. The second kappa shape index (κ2) is 3.65. The van der Waals surface area contributed by atoms with Gasteiger partial charge in [0.05, 0.1) is 0 Å². The van der Waals surface area contributed by atoms with Crippen LogP contribution in [0, 0.1) is 0 Å². The van der Waals surface area contributed by atoms with Gasteiger partial charge in [0.1, 0.15) is 0 Å². The van der Waals surface area contributed by atoms with E-state index in [-0.39, 0.29) is 0 Å². The van der Waals surface area contributed by atoms with Crippen LogP contribution in [-0.2, 0) is 0 Å². The number of thiol groups is 1. The third kappa shape index (κ3) is 2.02. The molecule has 0 amide bonds. The van der Waals surface area contributed by atoms with E-state index in [1.807, 2.05) is 24.3 Å². The molecule has 0 N–H and O–H groups in total. The fourth-order valence-corrected chi connectivity index (χ4v) is 1.81. The lowest BCUT2D eigenvalue weighted by Crippen LogP contribution is -1.79. The lowest BCUT2D eigenvalue weighted by molar-refractivity contribution is 1.23. The molecule has 0 aliphatic carbocycles. The van der Waals surface area contributed by atoms with Crippen molar-refractivity contribution in [1.82, 2.24) is 9.36 Å². The number of nitrogens with zero attached hydrogens (tertiary/aromatic N) is 2. The molecule has 1 aromatic heterocycles. The Hall–Kier alpha value is -0.580. The van der Waals surface area contributed by atoms with E-state index in [0.29, 0.717) is 15.2 Å². The van der Waals surface area contributed by atoms with E-state index >= 15 is 0 Å². The lowest BCUT2D eigenvalue weighted by atomic mass is 10.2. The number of benzene rings is 1. The molecule has 0 spiro atoms. The minimum Gasteiger partial charge on any atom is -0.208 e. The predicted molar refractivity (Wildman–Crippen MR) is 57.6 cm³/mol. The molecule has 2 rings (SSSR count). The fraction of sp³-hybridized carbons (Fsp3) is 0. The number of hydrogen-bond acceptors (Lipinski definition) is 4. The second-order valence-corrected chi connectivity index (χ2v) is 4.33. The topological polar surface area (TPSA) is 25.8 Å². The lowest BCUT2D eigenvalue weighted by Gasteiger charge is -1.94. The van der Waals surface area contributed by atoms with Gasteiger partial charge in [-0.15, -0.1) is 12.6 Å². The zero-order valence-electron chi connectivity index (χ0n) is 6.44. The first-order chi connectivity index (χ1) is 6.25. The summed E-state index contributed by atoms with van der Waals surface area (Å²) in [4.78, 5) is 4.14. The molecule has 0 aliphatic rings. The van der Waals surface area contributed by atoms with Gasteiger partial charge in [-0.2, -0.15) is 4.37 Å². The maximum Gasteiger partial charge on any atom is 0.174 e. The molecule has 1 heterocycles. The van der Waals surface area contributed by atoms with Crippen molar-refractivity contribution in [2.75, 3.05) is 0 Å². The summed E-state index contributed by atoms with van der Waals surface area (Å²) in [6.07, 6.45) is 0. The largest absolute Gasteiger partial charge is 0.208 e. The van der Waals surface area contributed by atoms with Crippen molar-refractivity contribution in [1.29, 1.82) is 0 Å². The number of halogens is 1. The summed E-state index contributed by atoms with van der Waals surface area (Å²) in [5.41, 5.74) is 0.920. The smallest absolute Gasteiger partial charge is 0.174 e. The van der Waals surface area contributed by atoms with E-state index in [4.69, 9.17) is 11.6 Å². The molecular formula is C8H5ClN2S2. The zero-order valence-corrected chi connectivity index (χ0v) is 8.90. The van der Waals surface area contributed by atoms with E-state index in [0.717, 1.165) is 5.56 Å². The van der Waals surface area contributed by atoms with Crippen LogP contribution in [0.1, 0.15) is 0 Å². The summed E-state index contributed by atoms with van der Waals surface area (Å²) >= 11 is 11.2. The maximum absolute atomic E-state index is 5.83. The summed E-state index contributed by atoms with van der Waals surface area (Å²) < 4.78 is 4.78. The molecule has 13 heavy (non-hydrogen) atoms. The summed E-state index contributed by atoms with van der Waals surface area (Å²) in [5, 5.41) is 0.688. The van der Waals surface area contributed by atoms with Gasteiger partial charge in [0, 0.05) is 10.6 Å². The Kier molecular flexibility index (Phi) is 2.53. The van der Waals surface area contributed by atoms with E-state index in [9.17, 15) is 0 Å². The van der Waals surface area contributed by atoms with Crippen molar-refractivity contribution < 1.29 is 0 Å². The van der Waals surface area contributed by atoms with Gasteiger partial charge >= 0.3 is 0 Å². The van der Waals surface area contributed by atoms with Gasteiger partial charge in [0.2, 0.25) is 0 Å². The summed E-state index contributed by atoms with van der Waals surface area (Å²) in [6, 6.07) is 7.44. The fourth-order valence-electron chi connectivity index (χ4n) is 0.960. The summed E-state index contributed by atoms with van der Waals surface area (Å²) in [7, 11) is 0. The van der Waals surface area contributed by atoms with E-state index < -0.39 is 0 Å². The van der Waals surface area contributed by atoms with Crippen LogP contribution < -0.4 is 0 Å². The van der Waals surface area contributed by atoms with Crippen LogP contribution in [0.5, 0.6) is 0 Å². The van der Waals surface area contributed by atoms with Crippen molar-refractivity contribution in [2.45, 2.75) is 4.34 Å². The molecule has 1 aromatic carbocycles.